The number of aliphatic hydroxyl groups excluding tert-OH is 1. The van der Waals surface area contributed by atoms with Crippen LogP contribution < -0.4 is 0 Å². The molecule has 116 valence electrons. The van der Waals surface area contributed by atoms with Crippen LogP contribution in [-0.4, -0.2) is 16.3 Å². The third-order valence-electron chi connectivity index (χ3n) is 6.92. The molecule has 1 aromatic rings. The van der Waals surface area contributed by atoms with Gasteiger partial charge >= 0.3 is 0 Å². The van der Waals surface area contributed by atoms with Gasteiger partial charge in [-0.2, -0.15) is 0 Å². The molecular weight excluding hydrogens is 272 g/mol. The van der Waals surface area contributed by atoms with Crippen molar-refractivity contribution >= 4 is 0 Å². The van der Waals surface area contributed by atoms with Crippen LogP contribution in [0.4, 0.5) is 0 Å². The van der Waals surface area contributed by atoms with E-state index in [0.29, 0.717) is 23.5 Å². The maximum Gasteiger partial charge on any atom is 0.115 e. The minimum atomic E-state index is -0.333. The van der Waals surface area contributed by atoms with Crippen molar-refractivity contribution in [3.8, 4) is 18.1 Å². The molecule has 2 saturated carbocycles. The highest BCUT2D eigenvalue weighted by atomic mass is 16.3. The molecule has 22 heavy (non-hydrogen) atoms. The third-order valence-corrected chi connectivity index (χ3v) is 6.92. The summed E-state index contributed by atoms with van der Waals surface area (Å²) >= 11 is 0. The number of rotatable bonds is 0. The van der Waals surface area contributed by atoms with Crippen molar-refractivity contribution in [3.63, 3.8) is 0 Å². The molecule has 0 aliphatic heterocycles. The number of aromatic hydroxyl groups is 1. The Hall–Kier alpha value is -1.46. The summed E-state index contributed by atoms with van der Waals surface area (Å²) in [5, 5.41) is 20.2. The molecule has 0 heterocycles. The van der Waals surface area contributed by atoms with Crippen LogP contribution in [0.2, 0.25) is 0 Å². The van der Waals surface area contributed by atoms with Crippen molar-refractivity contribution in [2.24, 2.45) is 23.2 Å². The highest BCUT2D eigenvalue weighted by Crippen LogP contribution is 2.62. The van der Waals surface area contributed by atoms with Gasteiger partial charge in [-0.25, -0.2) is 0 Å². The van der Waals surface area contributed by atoms with Gasteiger partial charge in [-0.15, -0.1) is 12.3 Å². The molecule has 2 fully saturated rings. The molecule has 4 rings (SSSR count). The molecule has 0 amide bonds. The minimum Gasteiger partial charge on any atom is -0.508 e. The Morgan fingerprint density at radius 1 is 1.32 bits per heavy atom. The zero-order valence-corrected chi connectivity index (χ0v) is 13.1. The summed E-state index contributed by atoms with van der Waals surface area (Å²) in [5.41, 5.74) is 2.84. The van der Waals surface area contributed by atoms with E-state index in [1.165, 1.54) is 11.1 Å². The average molecular weight is 296 g/mol. The molecule has 0 spiro atoms. The van der Waals surface area contributed by atoms with Gasteiger partial charge in [-0.1, -0.05) is 13.0 Å². The fourth-order valence-electron chi connectivity index (χ4n) is 5.88. The van der Waals surface area contributed by atoms with Crippen molar-refractivity contribution < 1.29 is 10.2 Å². The van der Waals surface area contributed by atoms with Crippen molar-refractivity contribution in [2.45, 2.75) is 51.0 Å². The van der Waals surface area contributed by atoms with Gasteiger partial charge in [0.05, 0.1) is 12.0 Å². The van der Waals surface area contributed by atoms with Crippen LogP contribution in [0.1, 0.15) is 49.7 Å². The maximum atomic E-state index is 10.4. The number of fused-ring (bicyclic) bond motifs is 5. The van der Waals surface area contributed by atoms with Gasteiger partial charge < -0.3 is 10.2 Å². The highest BCUT2D eigenvalue weighted by Gasteiger charge is 2.57. The van der Waals surface area contributed by atoms with Gasteiger partial charge in [0.15, 0.2) is 0 Å². The second kappa shape index (κ2) is 4.77. The fraction of sp³-hybridized carbons (Fsp3) is 0.600. The van der Waals surface area contributed by atoms with E-state index in [4.69, 9.17) is 6.42 Å². The summed E-state index contributed by atoms with van der Waals surface area (Å²) in [5.74, 6) is 5.02. The molecule has 0 bridgehead atoms. The van der Waals surface area contributed by atoms with Crippen LogP contribution in [0.5, 0.6) is 5.75 Å². The van der Waals surface area contributed by atoms with Gasteiger partial charge in [-0.3, -0.25) is 0 Å². The Bertz CT molecular complexity index is 644. The molecule has 1 aromatic carbocycles. The Morgan fingerprint density at radius 2 is 2.14 bits per heavy atom. The minimum absolute atomic E-state index is 0.0136. The SMILES string of the molecule is C#C[C@@H]1[C@H](O)C[C@H]2[C@@H]3CCc4cc(O)ccc4[C@H]3CC[C@]12C. The molecule has 2 heteroatoms. The van der Waals surface area contributed by atoms with Gasteiger partial charge in [0, 0.05) is 0 Å². The number of aryl methyl sites for hydroxylation is 1. The first-order valence-corrected chi connectivity index (χ1v) is 8.50. The molecule has 3 aliphatic carbocycles. The quantitative estimate of drug-likeness (QED) is 0.720. The molecule has 2 N–H and O–H groups in total. The lowest BCUT2D eigenvalue weighted by molar-refractivity contribution is 0.0384. The van der Waals surface area contributed by atoms with E-state index < -0.39 is 0 Å². The van der Waals surface area contributed by atoms with Gasteiger partial charge in [0.25, 0.3) is 0 Å². The lowest BCUT2D eigenvalue weighted by Crippen LogP contribution is -2.42. The molecule has 2 nitrogen and oxygen atoms in total. The summed E-state index contributed by atoms with van der Waals surface area (Å²) in [7, 11) is 0. The van der Waals surface area contributed by atoms with Crippen LogP contribution in [0, 0.1) is 35.5 Å². The lowest BCUT2D eigenvalue weighted by Gasteiger charge is -2.50. The Balaban J connectivity index is 1.71. The number of phenols is 1. The second-order valence-corrected chi connectivity index (χ2v) is 7.79. The summed E-state index contributed by atoms with van der Waals surface area (Å²) < 4.78 is 0. The molecule has 0 unspecified atom stereocenters. The van der Waals surface area contributed by atoms with E-state index >= 15 is 0 Å². The molecule has 0 saturated heterocycles. The fourth-order valence-corrected chi connectivity index (χ4v) is 5.88. The van der Waals surface area contributed by atoms with Crippen LogP contribution >= 0.6 is 0 Å². The monoisotopic (exact) mass is 296 g/mol. The number of phenolic OH excluding ortho intramolecular Hbond substituents is 1. The molecular formula is C20H24O2. The average Bonchev–Trinajstić information content (AvgIpc) is 2.76. The number of hydrogen-bond acceptors (Lipinski definition) is 2. The van der Waals surface area contributed by atoms with Gasteiger partial charge in [-0.05, 0) is 78.5 Å². The first-order valence-electron chi connectivity index (χ1n) is 8.50. The summed E-state index contributed by atoms with van der Waals surface area (Å²) in [6.07, 6.45) is 10.7. The van der Waals surface area contributed by atoms with E-state index in [0.717, 1.165) is 32.1 Å². The van der Waals surface area contributed by atoms with Crippen LogP contribution in [-0.2, 0) is 6.42 Å². The Kier molecular flexibility index (Phi) is 3.07. The lowest BCUT2D eigenvalue weighted by atomic mass is 9.54. The van der Waals surface area contributed by atoms with E-state index in [2.05, 4.69) is 18.9 Å². The highest BCUT2D eigenvalue weighted by molar-refractivity contribution is 5.40. The molecule has 0 aromatic heterocycles. The first kappa shape index (κ1) is 14.2. The van der Waals surface area contributed by atoms with Gasteiger partial charge in [0.2, 0.25) is 0 Å². The number of aliphatic hydroxyl groups is 1. The number of hydrogen-bond donors (Lipinski definition) is 2. The second-order valence-electron chi connectivity index (χ2n) is 7.79. The van der Waals surface area contributed by atoms with E-state index in [9.17, 15) is 10.2 Å². The summed E-state index contributed by atoms with van der Waals surface area (Å²) in [4.78, 5) is 0. The summed E-state index contributed by atoms with van der Waals surface area (Å²) in [6, 6.07) is 5.88. The van der Waals surface area contributed by atoms with Crippen LogP contribution in [0.25, 0.3) is 0 Å². The van der Waals surface area contributed by atoms with Crippen LogP contribution in [0.3, 0.4) is 0 Å². The number of terminal acetylenes is 1. The topological polar surface area (TPSA) is 40.5 Å². The molecule has 0 radical (unpaired) electrons. The number of benzene rings is 1. The Morgan fingerprint density at radius 3 is 2.91 bits per heavy atom. The van der Waals surface area contributed by atoms with Crippen molar-refractivity contribution in [2.75, 3.05) is 0 Å². The van der Waals surface area contributed by atoms with Crippen LogP contribution in [0.15, 0.2) is 18.2 Å². The maximum absolute atomic E-state index is 10.4. The smallest absolute Gasteiger partial charge is 0.115 e. The zero-order chi connectivity index (χ0) is 15.5. The summed E-state index contributed by atoms with van der Waals surface area (Å²) in [6.45, 7) is 2.31. The zero-order valence-electron chi connectivity index (χ0n) is 13.1. The first-order chi connectivity index (χ1) is 10.5. The van der Waals surface area contributed by atoms with Crippen molar-refractivity contribution in [3.05, 3.63) is 29.3 Å². The standard InChI is InChI=1S/C20H24O2/c1-3-17-19(22)11-18-16-6-4-12-10-13(21)5-7-14(12)15(16)8-9-20(17,18)2/h1,5,7,10,15-19,21-22H,4,6,8-9,11H2,2H3/t15-,16-,17-,18+,19-,20-/m1/s1. The molecule has 6 atom stereocenters. The van der Waals surface area contributed by atoms with Crippen molar-refractivity contribution in [1.29, 1.82) is 0 Å². The largest absolute Gasteiger partial charge is 0.508 e. The van der Waals surface area contributed by atoms with E-state index in [1.807, 2.05) is 12.1 Å². The van der Waals surface area contributed by atoms with Crippen molar-refractivity contribution in [1.82, 2.24) is 0 Å². The van der Waals surface area contributed by atoms with E-state index in [-0.39, 0.29) is 17.4 Å². The van der Waals surface area contributed by atoms with E-state index in [1.54, 1.807) is 0 Å². The third kappa shape index (κ3) is 1.78. The Labute approximate surface area is 132 Å². The van der Waals surface area contributed by atoms with Gasteiger partial charge in [0.1, 0.15) is 5.75 Å². The predicted molar refractivity (Wildman–Crippen MR) is 86.4 cm³/mol. The molecule has 3 aliphatic rings. The normalized spacial score (nSPS) is 42.9. The predicted octanol–water partition coefficient (Wildman–Crippen LogP) is 3.47.